The molecule has 2 rings (SSSR count). The zero-order valence-electron chi connectivity index (χ0n) is 11.8. The van der Waals surface area contributed by atoms with E-state index in [1.807, 2.05) is 40.0 Å². The highest BCUT2D eigenvalue weighted by atomic mass is 32.1. The van der Waals surface area contributed by atoms with Crippen LogP contribution in [0, 0.1) is 6.92 Å². The summed E-state index contributed by atoms with van der Waals surface area (Å²) in [5, 5.41) is 6.48. The minimum absolute atomic E-state index is 0.120. The van der Waals surface area contributed by atoms with Gasteiger partial charge in [-0.1, -0.05) is 12.1 Å². The third-order valence-corrected chi connectivity index (χ3v) is 3.76. The van der Waals surface area contributed by atoms with Gasteiger partial charge in [-0.15, -0.1) is 11.3 Å². The molecule has 0 spiro atoms. The first kappa shape index (κ1) is 14.0. The summed E-state index contributed by atoms with van der Waals surface area (Å²) in [4.78, 5) is 4.56. The molecule has 1 heterocycles. The number of benzene rings is 1. The molecular weight excluding hydrogens is 256 g/mol. The Morgan fingerprint density at radius 1 is 1.32 bits per heavy atom. The summed E-state index contributed by atoms with van der Waals surface area (Å²) < 4.78 is 5.75. The average molecular weight is 276 g/mol. The van der Waals surface area contributed by atoms with Crippen LogP contribution in [-0.2, 0) is 0 Å². The first-order valence-corrected chi connectivity index (χ1v) is 7.34. The molecule has 102 valence electrons. The van der Waals surface area contributed by atoms with Crippen molar-refractivity contribution in [1.82, 2.24) is 10.3 Å². The molecule has 0 aliphatic carbocycles. The van der Waals surface area contributed by atoms with Gasteiger partial charge in [0.15, 0.2) is 0 Å². The van der Waals surface area contributed by atoms with E-state index in [1.54, 1.807) is 11.3 Å². The molecule has 1 atom stereocenters. The Morgan fingerprint density at radius 3 is 2.68 bits per heavy atom. The summed E-state index contributed by atoms with van der Waals surface area (Å²) in [6.45, 7) is 6.09. The van der Waals surface area contributed by atoms with Crippen LogP contribution in [0.15, 0.2) is 29.6 Å². The minimum Gasteiger partial charge on any atom is -0.491 e. The third-order valence-electron chi connectivity index (χ3n) is 2.74. The topological polar surface area (TPSA) is 34.1 Å². The third kappa shape index (κ3) is 3.55. The lowest BCUT2D eigenvalue weighted by molar-refractivity contribution is 0.242. The highest BCUT2D eigenvalue weighted by Gasteiger charge is 2.16. The molecule has 2 aromatic rings. The van der Waals surface area contributed by atoms with Crippen LogP contribution in [0.2, 0.25) is 0 Å². The number of nitrogens with one attached hydrogen (secondary N) is 1. The molecule has 0 aliphatic rings. The molecule has 0 saturated carbocycles. The van der Waals surface area contributed by atoms with E-state index in [-0.39, 0.29) is 12.1 Å². The number of nitrogens with zero attached hydrogens (tertiary/aromatic N) is 1. The van der Waals surface area contributed by atoms with Gasteiger partial charge in [0.1, 0.15) is 10.8 Å². The molecule has 1 unspecified atom stereocenters. The van der Waals surface area contributed by atoms with Crippen LogP contribution in [0.3, 0.4) is 0 Å². The van der Waals surface area contributed by atoms with E-state index in [9.17, 15) is 0 Å². The van der Waals surface area contributed by atoms with Crippen molar-refractivity contribution in [1.29, 1.82) is 0 Å². The van der Waals surface area contributed by atoms with Crippen LogP contribution in [-0.4, -0.2) is 18.1 Å². The molecule has 0 fully saturated rings. The molecular formula is C15H20N2OS. The minimum atomic E-state index is 0.120. The van der Waals surface area contributed by atoms with Crippen molar-refractivity contribution < 1.29 is 4.74 Å². The van der Waals surface area contributed by atoms with Crippen LogP contribution in [0.25, 0.3) is 0 Å². The molecule has 0 amide bonds. The Bertz CT molecular complexity index is 536. The zero-order valence-corrected chi connectivity index (χ0v) is 12.6. The van der Waals surface area contributed by atoms with Crippen molar-refractivity contribution in [3.05, 3.63) is 45.9 Å². The van der Waals surface area contributed by atoms with Crippen molar-refractivity contribution in [3.8, 4) is 5.75 Å². The lowest BCUT2D eigenvalue weighted by Crippen LogP contribution is -2.17. The summed E-state index contributed by atoms with van der Waals surface area (Å²) in [6, 6.07) is 8.32. The molecule has 0 bridgehead atoms. The van der Waals surface area contributed by atoms with Crippen molar-refractivity contribution in [2.24, 2.45) is 0 Å². The number of ether oxygens (including phenoxy) is 1. The van der Waals surface area contributed by atoms with Gasteiger partial charge in [-0.25, -0.2) is 4.98 Å². The number of aryl methyl sites for hydroxylation is 1. The number of rotatable bonds is 5. The Morgan fingerprint density at radius 2 is 2.11 bits per heavy atom. The van der Waals surface area contributed by atoms with Gasteiger partial charge in [0.2, 0.25) is 0 Å². The molecule has 3 nitrogen and oxygen atoms in total. The van der Waals surface area contributed by atoms with E-state index < -0.39 is 0 Å². The van der Waals surface area contributed by atoms with Crippen molar-refractivity contribution in [2.75, 3.05) is 7.05 Å². The van der Waals surface area contributed by atoms with E-state index in [4.69, 9.17) is 4.74 Å². The molecule has 1 N–H and O–H groups in total. The Balaban J connectivity index is 2.28. The van der Waals surface area contributed by atoms with Crippen LogP contribution in [0.4, 0.5) is 0 Å². The molecule has 0 aliphatic heterocycles. The number of hydrogen-bond donors (Lipinski definition) is 1. The quantitative estimate of drug-likeness (QED) is 0.907. The Labute approximate surface area is 118 Å². The molecule has 0 radical (unpaired) electrons. The van der Waals surface area contributed by atoms with E-state index in [1.165, 1.54) is 5.56 Å². The van der Waals surface area contributed by atoms with Crippen LogP contribution in [0.1, 0.15) is 36.2 Å². The largest absolute Gasteiger partial charge is 0.491 e. The maximum atomic E-state index is 5.75. The molecule has 1 aromatic heterocycles. The standard InChI is InChI=1S/C15H20N2OS/c1-10(2)18-13-7-5-6-12(8-13)14(16-4)15-17-11(3)9-19-15/h5-10,14,16H,1-4H3. The predicted molar refractivity (Wildman–Crippen MR) is 80.0 cm³/mol. The van der Waals surface area contributed by atoms with Gasteiger partial charge >= 0.3 is 0 Å². The van der Waals surface area contributed by atoms with Gasteiger partial charge in [-0.2, -0.15) is 0 Å². The predicted octanol–water partition coefficient (Wildman–Crippen LogP) is 3.55. The second-order valence-corrected chi connectivity index (χ2v) is 5.68. The van der Waals surface area contributed by atoms with Crippen molar-refractivity contribution in [2.45, 2.75) is 32.9 Å². The zero-order chi connectivity index (χ0) is 13.8. The second-order valence-electron chi connectivity index (χ2n) is 4.79. The summed E-state index contributed by atoms with van der Waals surface area (Å²) in [5.74, 6) is 0.904. The van der Waals surface area contributed by atoms with E-state index in [0.717, 1.165) is 16.5 Å². The smallest absolute Gasteiger partial charge is 0.120 e. The van der Waals surface area contributed by atoms with Gasteiger partial charge in [0.25, 0.3) is 0 Å². The Hall–Kier alpha value is -1.39. The maximum Gasteiger partial charge on any atom is 0.120 e. The summed E-state index contributed by atoms with van der Waals surface area (Å²) in [5.41, 5.74) is 2.24. The van der Waals surface area contributed by atoms with Crippen LogP contribution in [0.5, 0.6) is 5.75 Å². The van der Waals surface area contributed by atoms with Crippen molar-refractivity contribution in [3.63, 3.8) is 0 Å². The number of thiazole rings is 1. The average Bonchev–Trinajstić information content (AvgIpc) is 2.76. The lowest BCUT2D eigenvalue weighted by atomic mass is 10.1. The van der Waals surface area contributed by atoms with Gasteiger partial charge in [0.05, 0.1) is 12.1 Å². The number of aromatic nitrogens is 1. The summed E-state index contributed by atoms with van der Waals surface area (Å²) >= 11 is 1.68. The molecule has 4 heteroatoms. The SMILES string of the molecule is CNC(c1cccc(OC(C)C)c1)c1nc(C)cs1. The fourth-order valence-corrected chi connectivity index (χ4v) is 2.91. The Kier molecular flexibility index (Phi) is 4.56. The van der Waals surface area contributed by atoms with Gasteiger partial charge in [-0.05, 0) is 45.5 Å². The lowest BCUT2D eigenvalue weighted by Gasteiger charge is -2.16. The maximum absolute atomic E-state index is 5.75. The normalized spacial score (nSPS) is 12.7. The fraction of sp³-hybridized carbons (Fsp3) is 0.400. The van der Waals surface area contributed by atoms with E-state index >= 15 is 0 Å². The monoisotopic (exact) mass is 276 g/mol. The summed E-state index contributed by atoms with van der Waals surface area (Å²) in [6.07, 6.45) is 0.186. The van der Waals surface area contributed by atoms with Crippen LogP contribution < -0.4 is 10.1 Å². The molecule has 19 heavy (non-hydrogen) atoms. The van der Waals surface area contributed by atoms with Gasteiger partial charge in [-0.3, -0.25) is 0 Å². The van der Waals surface area contributed by atoms with Crippen LogP contribution >= 0.6 is 11.3 Å². The fourth-order valence-electron chi connectivity index (χ4n) is 1.98. The molecule has 0 saturated heterocycles. The first-order chi connectivity index (χ1) is 9.10. The van der Waals surface area contributed by atoms with Crippen molar-refractivity contribution >= 4 is 11.3 Å². The van der Waals surface area contributed by atoms with E-state index in [0.29, 0.717) is 0 Å². The first-order valence-electron chi connectivity index (χ1n) is 6.46. The second kappa shape index (κ2) is 6.17. The highest BCUT2D eigenvalue weighted by molar-refractivity contribution is 7.09. The highest BCUT2D eigenvalue weighted by Crippen LogP contribution is 2.27. The van der Waals surface area contributed by atoms with Gasteiger partial charge < -0.3 is 10.1 Å². The van der Waals surface area contributed by atoms with Gasteiger partial charge in [0, 0.05) is 11.1 Å². The summed E-state index contributed by atoms with van der Waals surface area (Å²) in [7, 11) is 1.96. The number of hydrogen-bond acceptors (Lipinski definition) is 4. The van der Waals surface area contributed by atoms with E-state index in [2.05, 4.69) is 27.8 Å². The molecule has 1 aromatic carbocycles.